The number of aromatic nitrogens is 1. The van der Waals surface area contributed by atoms with Crippen LogP contribution in [0.4, 0.5) is 4.39 Å². The molecule has 2 rings (SSSR count). The van der Waals surface area contributed by atoms with Gasteiger partial charge >= 0.3 is 0 Å². The molecule has 108 valence electrons. The molecular weight excluding hydrogens is 275 g/mol. The van der Waals surface area contributed by atoms with Gasteiger partial charge in [0.25, 0.3) is 0 Å². The first-order valence-electron chi connectivity index (χ1n) is 6.68. The van der Waals surface area contributed by atoms with Crippen molar-refractivity contribution < 1.29 is 9.13 Å². The highest BCUT2D eigenvalue weighted by atomic mass is 32.1. The summed E-state index contributed by atoms with van der Waals surface area (Å²) in [5.41, 5.74) is 0.780. The molecule has 1 aromatic heterocycles. The van der Waals surface area contributed by atoms with Crippen LogP contribution in [0.2, 0.25) is 0 Å². The van der Waals surface area contributed by atoms with Crippen LogP contribution in [0, 0.1) is 5.82 Å². The number of hydrogen-bond donors (Lipinski definition) is 1. The van der Waals surface area contributed by atoms with Crippen LogP contribution in [0.1, 0.15) is 31.2 Å². The fourth-order valence-corrected chi connectivity index (χ4v) is 2.82. The lowest BCUT2D eigenvalue weighted by Gasteiger charge is -2.09. The van der Waals surface area contributed by atoms with Gasteiger partial charge in [0.1, 0.15) is 5.01 Å². The highest BCUT2D eigenvalue weighted by Crippen LogP contribution is 2.31. The van der Waals surface area contributed by atoms with E-state index in [4.69, 9.17) is 4.74 Å². The van der Waals surface area contributed by atoms with Crippen molar-refractivity contribution in [2.75, 3.05) is 13.7 Å². The van der Waals surface area contributed by atoms with Gasteiger partial charge in [0.05, 0.1) is 7.11 Å². The molecule has 0 spiro atoms. The second-order valence-electron chi connectivity index (χ2n) is 4.59. The Morgan fingerprint density at radius 2 is 2.25 bits per heavy atom. The highest BCUT2D eigenvalue weighted by molar-refractivity contribution is 7.15. The Bertz CT molecular complexity index is 571. The fourth-order valence-electron chi connectivity index (χ4n) is 1.88. The van der Waals surface area contributed by atoms with Crippen molar-refractivity contribution in [2.45, 2.75) is 26.3 Å². The van der Waals surface area contributed by atoms with Crippen LogP contribution in [-0.2, 0) is 0 Å². The van der Waals surface area contributed by atoms with Crippen molar-refractivity contribution in [3.63, 3.8) is 0 Å². The third-order valence-electron chi connectivity index (χ3n) is 3.05. The molecule has 3 nitrogen and oxygen atoms in total. The number of nitrogens with zero attached hydrogens (tertiary/aromatic N) is 1. The minimum absolute atomic E-state index is 0.253. The standard InChI is InChI=1S/C15H19FN2OS/c1-4-7-17-10(2)14-9-18-15(20-14)11-5-6-13(19-3)12(16)8-11/h5-6,8-10,17H,4,7H2,1-3H3. The number of thiazole rings is 1. The zero-order valence-electron chi connectivity index (χ0n) is 11.9. The SMILES string of the molecule is CCCNC(C)c1cnc(-c2ccc(OC)c(F)c2)s1. The van der Waals surface area contributed by atoms with Gasteiger partial charge in [-0.3, -0.25) is 0 Å². The first kappa shape index (κ1) is 14.9. The van der Waals surface area contributed by atoms with Gasteiger partial charge in [-0.1, -0.05) is 6.92 Å². The van der Waals surface area contributed by atoms with Gasteiger partial charge < -0.3 is 10.1 Å². The zero-order valence-corrected chi connectivity index (χ0v) is 12.8. The number of methoxy groups -OCH3 is 1. The summed E-state index contributed by atoms with van der Waals surface area (Å²) in [5.74, 6) is -0.109. The fraction of sp³-hybridized carbons (Fsp3) is 0.400. The summed E-state index contributed by atoms with van der Waals surface area (Å²) < 4.78 is 18.6. The maximum absolute atomic E-state index is 13.7. The largest absolute Gasteiger partial charge is 0.494 e. The van der Waals surface area contributed by atoms with E-state index in [0.717, 1.165) is 28.4 Å². The smallest absolute Gasteiger partial charge is 0.165 e. The minimum Gasteiger partial charge on any atom is -0.494 e. The predicted molar refractivity (Wildman–Crippen MR) is 80.8 cm³/mol. The van der Waals surface area contributed by atoms with E-state index in [0.29, 0.717) is 0 Å². The predicted octanol–water partition coefficient (Wildman–Crippen LogP) is 4.02. The third kappa shape index (κ3) is 3.35. The molecule has 20 heavy (non-hydrogen) atoms. The van der Waals surface area contributed by atoms with Gasteiger partial charge in [-0.15, -0.1) is 11.3 Å². The molecule has 0 amide bonds. The lowest BCUT2D eigenvalue weighted by Crippen LogP contribution is -2.18. The van der Waals surface area contributed by atoms with Crippen molar-refractivity contribution in [3.8, 4) is 16.3 Å². The molecule has 0 saturated heterocycles. The van der Waals surface area contributed by atoms with Crippen molar-refractivity contribution >= 4 is 11.3 Å². The molecule has 5 heteroatoms. The van der Waals surface area contributed by atoms with Gasteiger partial charge in [-0.05, 0) is 38.1 Å². The Morgan fingerprint density at radius 3 is 2.90 bits per heavy atom. The van der Waals surface area contributed by atoms with Crippen LogP contribution in [0.15, 0.2) is 24.4 Å². The normalized spacial score (nSPS) is 12.4. The van der Waals surface area contributed by atoms with Gasteiger partial charge in [0.2, 0.25) is 0 Å². The van der Waals surface area contributed by atoms with Crippen molar-refractivity contribution in [1.29, 1.82) is 0 Å². The second kappa shape index (κ2) is 6.81. The summed E-state index contributed by atoms with van der Waals surface area (Å²) in [5, 5.41) is 4.24. The average Bonchev–Trinajstić information content (AvgIpc) is 2.94. The maximum atomic E-state index is 13.7. The molecule has 0 saturated carbocycles. The van der Waals surface area contributed by atoms with E-state index in [2.05, 4.69) is 24.1 Å². The van der Waals surface area contributed by atoms with Crippen LogP contribution in [-0.4, -0.2) is 18.6 Å². The Morgan fingerprint density at radius 1 is 1.45 bits per heavy atom. The zero-order chi connectivity index (χ0) is 14.5. The first-order chi connectivity index (χ1) is 9.65. The van der Waals surface area contributed by atoms with Crippen LogP contribution < -0.4 is 10.1 Å². The topological polar surface area (TPSA) is 34.2 Å². The minimum atomic E-state index is -0.362. The van der Waals surface area contributed by atoms with Crippen molar-refractivity contribution in [2.24, 2.45) is 0 Å². The highest BCUT2D eigenvalue weighted by Gasteiger charge is 2.12. The summed E-state index contributed by atoms with van der Waals surface area (Å²) in [4.78, 5) is 5.54. The van der Waals surface area contributed by atoms with E-state index in [9.17, 15) is 4.39 Å². The molecule has 0 aliphatic carbocycles. The molecule has 1 N–H and O–H groups in total. The second-order valence-corrected chi connectivity index (χ2v) is 5.66. The molecule has 0 fully saturated rings. The lowest BCUT2D eigenvalue weighted by molar-refractivity contribution is 0.386. The van der Waals surface area contributed by atoms with Crippen LogP contribution in [0.25, 0.3) is 10.6 Å². The van der Waals surface area contributed by atoms with Gasteiger partial charge in [-0.25, -0.2) is 9.37 Å². The quantitative estimate of drug-likeness (QED) is 0.873. The van der Waals surface area contributed by atoms with Crippen molar-refractivity contribution in [1.82, 2.24) is 10.3 Å². The summed E-state index contributed by atoms with van der Waals surface area (Å²) >= 11 is 1.59. The van der Waals surface area contributed by atoms with Gasteiger partial charge in [-0.2, -0.15) is 0 Å². The molecule has 0 aliphatic rings. The maximum Gasteiger partial charge on any atom is 0.165 e. The van der Waals surface area contributed by atoms with E-state index in [1.54, 1.807) is 17.4 Å². The number of halogens is 1. The van der Waals surface area contributed by atoms with E-state index in [1.807, 2.05) is 12.3 Å². The van der Waals surface area contributed by atoms with E-state index in [-0.39, 0.29) is 17.6 Å². The summed E-state index contributed by atoms with van der Waals surface area (Å²) in [6, 6.07) is 5.19. The van der Waals surface area contributed by atoms with Crippen LogP contribution in [0.5, 0.6) is 5.75 Å². The lowest BCUT2D eigenvalue weighted by atomic mass is 10.2. The molecule has 0 bridgehead atoms. The number of hydrogen-bond acceptors (Lipinski definition) is 4. The number of ether oxygens (including phenoxy) is 1. The Balaban J connectivity index is 2.18. The Hall–Kier alpha value is -1.46. The van der Waals surface area contributed by atoms with Crippen LogP contribution in [0.3, 0.4) is 0 Å². The molecule has 1 atom stereocenters. The van der Waals surface area contributed by atoms with Gasteiger partial charge in [0, 0.05) is 22.7 Å². The number of benzene rings is 1. The summed E-state index contributed by atoms with van der Waals surface area (Å²) in [6.07, 6.45) is 2.95. The van der Waals surface area contributed by atoms with E-state index < -0.39 is 0 Å². The Labute approximate surface area is 122 Å². The van der Waals surface area contributed by atoms with Crippen LogP contribution >= 0.6 is 11.3 Å². The third-order valence-corrected chi connectivity index (χ3v) is 4.28. The molecule has 1 aromatic carbocycles. The molecule has 1 unspecified atom stereocenters. The molecule has 1 heterocycles. The average molecular weight is 294 g/mol. The molecule has 2 aromatic rings. The van der Waals surface area contributed by atoms with E-state index >= 15 is 0 Å². The van der Waals surface area contributed by atoms with E-state index in [1.165, 1.54) is 13.2 Å². The Kier molecular flexibility index (Phi) is 5.09. The number of nitrogens with one attached hydrogen (secondary N) is 1. The number of rotatable bonds is 6. The molecule has 0 aliphatic heterocycles. The monoisotopic (exact) mass is 294 g/mol. The summed E-state index contributed by atoms with van der Waals surface area (Å²) in [7, 11) is 1.46. The van der Waals surface area contributed by atoms with Gasteiger partial charge in [0.15, 0.2) is 11.6 Å². The first-order valence-corrected chi connectivity index (χ1v) is 7.50. The summed E-state index contributed by atoms with van der Waals surface area (Å²) in [6.45, 7) is 5.23. The molecular formula is C15H19FN2OS. The van der Waals surface area contributed by atoms with Crippen molar-refractivity contribution in [3.05, 3.63) is 35.1 Å². The molecule has 0 radical (unpaired) electrons.